The number of pyridine rings is 1. The van der Waals surface area contributed by atoms with Gasteiger partial charge in [0.25, 0.3) is 0 Å². The number of nitrogens with zero attached hydrogens (tertiary/aromatic N) is 2. The summed E-state index contributed by atoms with van der Waals surface area (Å²) in [4.78, 5) is 21.1. The van der Waals surface area contributed by atoms with Gasteiger partial charge >= 0.3 is 5.56 Å². The number of fused-ring (bicyclic) bond motifs is 1. The smallest absolute Gasteiger partial charge is 0.337 e. The molecule has 5 rings (SSSR count). The molecule has 1 aliphatic carbocycles. The fourth-order valence-corrected chi connectivity index (χ4v) is 6.25. The molecule has 0 radical (unpaired) electrons. The Bertz CT molecular complexity index is 1260. The second-order valence-corrected chi connectivity index (χ2v) is 9.92. The zero-order chi connectivity index (χ0) is 20.0. The van der Waals surface area contributed by atoms with E-state index in [1.807, 2.05) is 36.0 Å². The van der Waals surface area contributed by atoms with Crippen molar-refractivity contribution >= 4 is 39.0 Å². The third-order valence-corrected chi connectivity index (χ3v) is 8.05. The van der Waals surface area contributed by atoms with E-state index in [0.29, 0.717) is 10.9 Å². The molecule has 1 saturated carbocycles. The fraction of sp³-hybridized carbons (Fsp3) is 0.227. The van der Waals surface area contributed by atoms with E-state index in [4.69, 9.17) is 10.7 Å². The summed E-state index contributed by atoms with van der Waals surface area (Å²) in [7, 11) is 1.72. The maximum atomic E-state index is 12.1. The molecule has 3 aromatic heterocycles. The van der Waals surface area contributed by atoms with Crippen LogP contribution in [0.25, 0.3) is 32.7 Å². The number of nitrogen functional groups attached to an aromatic ring is 1. The van der Waals surface area contributed by atoms with Gasteiger partial charge < -0.3 is 5.73 Å². The maximum absolute atomic E-state index is 12.1. The molecule has 0 saturated heterocycles. The molecule has 3 heterocycles. The molecule has 1 aromatic carbocycles. The Kier molecular flexibility index (Phi) is 4.64. The summed E-state index contributed by atoms with van der Waals surface area (Å²) in [5.74, 6) is 0. The quantitative estimate of drug-likeness (QED) is 0.531. The summed E-state index contributed by atoms with van der Waals surface area (Å²) in [6.45, 7) is 0. The van der Waals surface area contributed by atoms with Crippen molar-refractivity contribution in [1.29, 1.82) is 0 Å². The van der Waals surface area contributed by atoms with E-state index < -0.39 is 0 Å². The van der Waals surface area contributed by atoms with Crippen LogP contribution in [0.1, 0.15) is 19.3 Å². The molecular formula is C22H21N4OS2+. The summed E-state index contributed by atoms with van der Waals surface area (Å²) in [6, 6.07) is 13.8. The molecule has 0 spiro atoms. The molecule has 29 heavy (non-hydrogen) atoms. The van der Waals surface area contributed by atoms with Crippen LogP contribution in [0.5, 0.6) is 0 Å². The van der Waals surface area contributed by atoms with Crippen LogP contribution in [0.4, 0.5) is 5.69 Å². The molecule has 146 valence electrons. The lowest BCUT2D eigenvalue weighted by Gasteiger charge is -2.23. The fourth-order valence-electron chi connectivity index (χ4n) is 3.46. The normalized spacial score (nSPS) is 14.2. The summed E-state index contributed by atoms with van der Waals surface area (Å²) in [5, 5.41) is 1.67. The van der Waals surface area contributed by atoms with Crippen molar-refractivity contribution < 1.29 is 4.98 Å². The molecule has 0 aliphatic heterocycles. The van der Waals surface area contributed by atoms with Gasteiger partial charge in [-0.3, -0.25) is 0 Å². The van der Waals surface area contributed by atoms with E-state index in [1.165, 1.54) is 23.8 Å². The van der Waals surface area contributed by atoms with Gasteiger partial charge in [0.2, 0.25) is 6.33 Å². The summed E-state index contributed by atoms with van der Waals surface area (Å²) >= 11 is 3.54. The first kappa shape index (κ1) is 18.4. The van der Waals surface area contributed by atoms with Gasteiger partial charge in [-0.15, -0.1) is 23.1 Å². The molecular weight excluding hydrogens is 400 g/mol. The minimum Gasteiger partial charge on any atom is -0.397 e. The Morgan fingerprint density at radius 3 is 2.72 bits per heavy atom. The van der Waals surface area contributed by atoms with Crippen molar-refractivity contribution in [3.63, 3.8) is 0 Å². The number of nitrogens with one attached hydrogen (secondary N) is 1. The molecule has 0 atom stereocenters. The van der Waals surface area contributed by atoms with Gasteiger partial charge in [0.05, 0.1) is 23.0 Å². The molecule has 5 nitrogen and oxygen atoms in total. The number of rotatable bonds is 4. The highest BCUT2D eigenvalue weighted by Crippen LogP contribution is 2.48. The van der Waals surface area contributed by atoms with Gasteiger partial charge in [-0.2, -0.15) is 0 Å². The third-order valence-electron chi connectivity index (χ3n) is 5.38. The van der Waals surface area contributed by atoms with E-state index in [1.54, 1.807) is 30.8 Å². The van der Waals surface area contributed by atoms with Crippen LogP contribution in [-0.2, 0) is 7.05 Å². The second-order valence-electron chi connectivity index (χ2n) is 7.36. The number of aromatic nitrogens is 3. The van der Waals surface area contributed by atoms with Crippen LogP contribution in [0.2, 0.25) is 0 Å². The van der Waals surface area contributed by atoms with Gasteiger partial charge in [-0.1, -0.05) is 36.8 Å². The summed E-state index contributed by atoms with van der Waals surface area (Å²) in [6.07, 6.45) is 5.47. The molecule has 1 aliphatic rings. The standard InChI is InChI=1S/C22H20N4OS2/c1-26-12-24-16(11-18(26)27)17-10-15(13-6-3-2-4-7-13)19-20(23)22(29-21(19)25-17)28-14-8-5-9-14/h2-4,6-7,10-12,14H,5,8-9,23H2,1H3/p+1. The predicted octanol–water partition coefficient (Wildman–Crippen LogP) is 4.37. The van der Waals surface area contributed by atoms with E-state index in [-0.39, 0.29) is 5.56 Å². The van der Waals surface area contributed by atoms with E-state index >= 15 is 0 Å². The highest BCUT2D eigenvalue weighted by Gasteiger charge is 2.24. The second kappa shape index (κ2) is 7.31. The predicted molar refractivity (Wildman–Crippen MR) is 120 cm³/mol. The number of benzene rings is 1. The lowest BCUT2D eigenvalue weighted by molar-refractivity contribution is -0.373. The molecule has 1 fully saturated rings. The van der Waals surface area contributed by atoms with Crippen molar-refractivity contribution in [1.82, 2.24) is 9.55 Å². The van der Waals surface area contributed by atoms with E-state index in [0.717, 1.165) is 36.9 Å². The van der Waals surface area contributed by atoms with Crippen molar-refractivity contribution in [2.24, 2.45) is 7.05 Å². The third kappa shape index (κ3) is 3.34. The molecule has 4 aromatic rings. The highest BCUT2D eigenvalue weighted by molar-refractivity contribution is 8.02. The highest BCUT2D eigenvalue weighted by atomic mass is 32.2. The monoisotopic (exact) mass is 421 g/mol. The first-order chi connectivity index (χ1) is 14.1. The Labute approximate surface area is 176 Å². The van der Waals surface area contributed by atoms with Crippen LogP contribution in [-0.4, -0.2) is 14.8 Å². The van der Waals surface area contributed by atoms with Gasteiger partial charge in [0.15, 0.2) is 5.69 Å². The Hall–Kier alpha value is -2.64. The van der Waals surface area contributed by atoms with Crippen LogP contribution in [0, 0.1) is 0 Å². The van der Waals surface area contributed by atoms with Crippen molar-refractivity contribution in [2.45, 2.75) is 28.7 Å². The number of hydrogen-bond donors (Lipinski definition) is 1. The summed E-state index contributed by atoms with van der Waals surface area (Å²) in [5.41, 5.74) is 11.0. The van der Waals surface area contributed by atoms with E-state index in [9.17, 15) is 4.79 Å². The lowest BCUT2D eigenvalue weighted by Crippen LogP contribution is -2.23. The molecule has 7 heteroatoms. The van der Waals surface area contributed by atoms with Crippen molar-refractivity contribution in [3.8, 4) is 22.5 Å². The van der Waals surface area contributed by atoms with Gasteiger partial charge in [0, 0.05) is 10.6 Å². The Morgan fingerprint density at radius 2 is 2.03 bits per heavy atom. The number of H-pyrrole nitrogens is 1. The Balaban J connectivity index is 1.73. The zero-order valence-electron chi connectivity index (χ0n) is 16.0. The summed E-state index contributed by atoms with van der Waals surface area (Å²) < 4.78 is 2.66. The molecule has 0 bridgehead atoms. The maximum Gasteiger partial charge on any atom is 0.337 e. The van der Waals surface area contributed by atoms with Crippen LogP contribution in [0.15, 0.2) is 57.8 Å². The van der Waals surface area contributed by atoms with Crippen molar-refractivity contribution in [3.05, 3.63) is 59.1 Å². The number of aryl methyl sites for hydroxylation is 1. The van der Waals surface area contributed by atoms with Gasteiger partial charge in [-0.25, -0.2) is 19.3 Å². The zero-order valence-corrected chi connectivity index (χ0v) is 17.6. The van der Waals surface area contributed by atoms with Gasteiger partial charge in [-0.05, 0) is 30.0 Å². The lowest BCUT2D eigenvalue weighted by atomic mass is 10.00. The minimum absolute atomic E-state index is 0.0752. The molecule has 0 amide bonds. The van der Waals surface area contributed by atoms with Gasteiger partial charge in [0.1, 0.15) is 10.5 Å². The SMILES string of the molecule is Cn1c[nH+]c(-c2cc(-c3ccccc3)c3c(N)c(SC4CCC4)sc3n2)cc1=O. The van der Waals surface area contributed by atoms with Crippen LogP contribution in [0.3, 0.4) is 0 Å². The topological polar surface area (TPSA) is 75.1 Å². The Morgan fingerprint density at radius 1 is 1.24 bits per heavy atom. The largest absolute Gasteiger partial charge is 0.397 e. The van der Waals surface area contributed by atoms with E-state index in [2.05, 4.69) is 17.1 Å². The number of anilines is 1. The number of hydrogen-bond acceptors (Lipinski definition) is 5. The number of nitrogens with two attached hydrogens (primary N) is 1. The average molecular weight is 422 g/mol. The minimum atomic E-state index is -0.0752. The molecule has 0 unspecified atom stereocenters. The number of thiophene rings is 1. The number of aromatic amines is 1. The molecule has 3 N–H and O–H groups in total. The average Bonchev–Trinajstić information content (AvgIpc) is 3.02. The first-order valence-corrected chi connectivity index (χ1v) is 11.3. The van der Waals surface area contributed by atoms with Crippen LogP contribution >= 0.6 is 23.1 Å². The number of thioether (sulfide) groups is 1. The first-order valence-electron chi connectivity index (χ1n) is 9.64. The van der Waals surface area contributed by atoms with Crippen LogP contribution < -0.4 is 16.3 Å². The van der Waals surface area contributed by atoms with Crippen molar-refractivity contribution in [2.75, 3.05) is 5.73 Å².